The van der Waals surface area contributed by atoms with E-state index in [1.54, 1.807) is 12.3 Å². The number of hydrogen-bond acceptors (Lipinski definition) is 5. The second-order valence-electron chi connectivity index (χ2n) is 9.25. The fourth-order valence-corrected chi connectivity index (χ4v) is 6.37. The van der Waals surface area contributed by atoms with Crippen LogP contribution < -0.4 is 5.32 Å². The molecule has 0 aromatic heterocycles. The van der Waals surface area contributed by atoms with Gasteiger partial charge in [-0.05, 0) is 87.3 Å². The molecule has 4 aliphatic rings. The molecule has 7 heteroatoms. The number of fused-ring (bicyclic) bond motifs is 1. The molecule has 164 valence electrons. The van der Waals surface area contributed by atoms with Crippen LogP contribution in [-0.2, 0) is 9.84 Å². The highest BCUT2D eigenvalue weighted by Gasteiger charge is 2.37. The fourth-order valence-electron chi connectivity index (χ4n) is 4.69. The minimum absolute atomic E-state index is 0.253. The maximum absolute atomic E-state index is 13.0. The molecule has 2 heterocycles. The third-order valence-electron chi connectivity index (χ3n) is 6.81. The van der Waals surface area contributed by atoms with Gasteiger partial charge in [0.2, 0.25) is 0 Å². The lowest BCUT2D eigenvalue weighted by atomic mass is 9.87. The zero-order chi connectivity index (χ0) is 21.8. The monoisotopic (exact) mass is 439 g/mol. The molecular weight excluding hydrogens is 410 g/mol. The Hall–Kier alpha value is -2.54. The molecule has 2 aliphatic carbocycles. The summed E-state index contributed by atoms with van der Waals surface area (Å²) in [4.78, 5) is 4.68. The summed E-state index contributed by atoms with van der Waals surface area (Å²) in [6.07, 6.45) is 7.77. The van der Waals surface area contributed by atoms with E-state index in [0.717, 1.165) is 58.7 Å². The maximum atomic E-state index is 13.0. The summed E-state index contributed by atoms with van der Waals surface area (Å²) in [5.41, 5.74) is 4.12. The Labute approximate surface area is 183 Å². The summed E-state index contributed by atoms with van der Waals surface area (Å²) in [6, 6.07) is 9.62. The van der Waals surface area contributed by atoms with Gasteiger partial charge in [-0.25, -0.2) is 13.4 Å². The lowest BCUT2D eigenvalue weighted by Crippen LogP contribution is -2.25. The van der Waals surface area contributed by atoms with Gasteiger partial charge in [0.15, 0.2) is 15.7 Å². The van der Waals surface area contributed by atoms with Crippen molar-refractivity contribution >= 4 is 15.5 Å². The van der Waals surface area contributed by atoms with E-state index in [-0.39, 0.29) is 5.25 Å². The Morgan fingerprint density at radius 1 is 1.00 bits per heavy atom. The summed E-state index contributed by atoms with van der Waals surface area (Å²) in [7, 11) is -3.31. The smallest absolute Gasteiger partial charge is 0.181 e. The number of sulfone groups is 1. The Balaban J connectivity index is 1.63. The third-order valence-corrected chi connectivity index (χ3v) is 9.07. The van der Waals surface area contributed by atoms with Gasteiger partial charge in [-0.2, -0.15) is 4.73 Å². The van der Waals surface area contributed by atoms with Crippen LogP contribution in [0.3, 0.4) is 0 Å². The normalized spacial score (nSPS) is 22.0. The highest BCUT2D eigenvalue weighted by atomic mass is 32.2. The molecule has 1 aromatic carbocycles. The molecule has 0 saturated heterocycles. The molecule has 2 fully saturated rings. The number of nitrogens with one attached hydrogen (secondary N) is 1. The average molecular weight is 440 g/mol. The standard InChI is InChI=1S/C24H29N3O3S/c1-15-3-5-17(6-4-15)26-23-10-9-19(31(29,30)18-7-8-18)14-22(23)21-13-16(2)27(28)24-20(21)11-12-25-24/h9-15,17-18,26,28H,3-8H2,1-2H3. The molecular formula is C24H29N3O3S. The van der Waals surface area contributed by atoms with Crippen LogP contribution in [0.25, 0.3) is 22.5 Å². The number of nitrogens with zero attached hydrogens (tertiary/aromatic N) is 2. The number of benzene rings is 1. The van der Waals surface area contributed by atoms with Gasteiger partial charge in [0, 0.05) is 29.1 Å². The van der Waals surface area contributed by atoms with E-state index in [1.807, 2.05) is 31.2 Å². The molecule has 1 aromatic rings. The summed E-state index contributed by atoms with van der Waals surface area (Å²) in [6.45, 7) is 4.12. The lowest BCUT2D eigenvalue weighted by molar-refractivity contribution is 0.180. The number of aryl methyl sites for hydroxylation is 1. The number of rotatable bonds is 5. The molecule has 2 saturated carbocycles. The van der Waals surface area contributed by atoms with Crippen LogP contribution in [0.5, 0.6) is 0 Å². The summed E-state index contributed by atoms with van der Waals surface area (Å²) in [5, 5.41) is 13.8. The van der Waals surface area contributed by atoms with Gasteiger partial charge in [0.25, 0.3) is 0 Å². The topological polar surface area (TPSA) is 84.2 Å². The molecule has 0 bridgehead atoms. The minimum Gasteiger partial charge on any atom is -0.427 e. The second kappa shape index (κ2) is 7.55. The third kappa shape index (κ3) is 3.69. The molecule has 5 rings (SSSR count). The minimum atomic E-state index is -3.31. The van der Waals surface area contributed by atoms with Crippen molar-refractivity contribution in [3.63, 3.8) is 0 Å². The summed E-state index contributed by atoms with van der Waals surface area (Å²) >= 11 is 0. The van der Waals surface area contributed by atoms with Crippen LogP contribution >= 0.6 is 0 Å². The Bertz CT molecular complexity index is 1190. The van der Waals surface area contributed by atoms with E-state index < -0.39 is 9.84 Å². The van der Waals surface area contributed by atoms with Crippen molar-refractivity contribution in [1.29, 1.82) is 0 Å². The van der Waals surface area contributed by atoms with Crippen molar-refractivity contribution in [3.8, 4) is 22.5 Å². The van der Waals surface area contributed by atoms with Gasteiger partial charge in [-0.15, -0.1) is 0 Å². The van der Waals surface area contributed by atoms with E-state index in [0.29, 0.717) is 22.5 Å². The van der Waals surface area contributed by atoms with E-state index in [2.05, 4.69) is 17.2 Å². The van der Waals surface area contributed by atoms with Gasteiger partial charge in [-0.1, -0.05) is 6.92 Å². The Morgan fingerprint density at radius 2 is 1.74 bits per heavy atom. The van der Waals surface area contributed by atoms with Gasteiger partial charge in [0.1, 0.15) is 0 Å². The van der Waals surface area contributed by atoms with Crippen molar-refractivity contribution < 1.29 is 13.6 Å². The van der Waals surface area contributed by atoms with Gasteiger partial charge in [-0.3, -0.25) is 0 Å². The predicted molar refractivity (Wildman–Crippen MR) is 121 cm³/mol. The molecule has 31 heavy (non-hydrogen) atoms. The Morgan fingerprint density at radius 3 is 2.45 bits per heavy atom. The van der Waals surface area contributed by atoms with Crippen LogP contribution in [0, 0.1) is 12.8 Å². The lowest BCUT2D eigenvalue weighted by Gasteiger charge is -2.29. The number of anilines is 1. The summed E-state index contributed by atoms with van der Waals surface area (Å²) in [5.74, 6) is 1.23. The van der Waals surface area contributed by atoms with Crippen molar-refractivity contribution in [1.82, 2.24) is 9.71 Å². The van der Waals surface area contributed by atoms with Gasteiger partial charge in [0.05, 0.1) is 15.8 Å². The van der Waals surface area contributed by atoms with Gasteiger partial charge >= 0.3 is 0 Å². The van der Waals surface area contributed by atoms with Crippen molar-refractivity contribution in [2.45, 2.75) is 68.6 Å². The SMILES string of the molecule is Cc1cc(-c2cc(S(=O)(=O)C3CC3)ccc2NC2CCC(C)CC2)c2ccnc-2n1O. The van der Waals surface area contributed by atoms with Crippen LogP contribution in [0.1, 0.15) is 51.1 Å². The van der Waals surface area contributed by atoms with Crippen molar-refractivity contribution in [3.05, 3.63) is 42.2 Å². The first-order valence-electron chi connectivity index (χ1n) is 11.2. The molecule has 0 spiro atoms. The van der Waals surface area contributed by atoms with Crippen LogP contribution in [0.4, 0.5) is 5.69 Å². The summed E-state index contributed by atoms with van der Waals surface area (Å²) < 4.78 is 27.0. The molecule has 0 radical (unpaired) electrons. The molecule has 0 atom stereocenters. The zero-order valence-corrected chi connectivity index (χ0v) is 18.8. The first-order chi connectivity index (χ1) is 14.8. The zero-order valence-electron chi connectivity index (χ0n) is 18.0. The fraction of sp³-hybridized carbons (Fsp3) is 0.458. The first-order valence-corrected chi connectivity index (χ1v) is 12.7. The van der Waals surface area contributed by atoms with Crippen LogP contribution in [0.2, 0.25) is 0 Å². The maximum Gasteiger partial charge on any atom is 0.181 e. The molecule has 2 N–H and O–H groups in total. The molecule has 0 amide bonds. The quantitative estimate of drug-likeness (QED) is 0.539. The van der Waals surface area contributed by atoms with Crippen molar-refractivity contribution in [2.75, 3.05) is 5.32 Å². The van der Waals surface area contributed by atoms with Gasteiger partial charge < -0.3 is 10.5 Å². The second-order valence-corrected chi connectivity index (χ2v) is 11.5. The highest BCUT2D eigenvalue weighted by molar-refractivity contribution is 7.92. The first kappa shape index (κ1) is 20.4. The van der Waals surface area contributed by atoms with Crippen LogP contribution in [0.15, 0.2) is 41.4 Å². The number of hydrogen-bond donors (Lipinski definition) is 2. The van der Waals surface area contributed by atoms with E-state index in [4.69, 9.17) is 0 Å². The highest BCUT2D eigenvalue weighted by Crippen LogP contribution is 2.42. The molecule has 6 nitrogen and oxygen atoms in total. The van der Waals surface area contributed by atoms with E-state index in [1.165, 1.54) is 12.8 Å². The van der Waals surface area contributed by atoms with Crippen LogP contribution in [-0.4, -0.2) is 34.6 Å². The van der Waals surface area contributed by atoms with E-state index in [9.17, 15) is 13.6 Å². The molecule has 2 aliphatic heterocycles. The average Bonchev–Trinajstić information content (AvgIpc) is 3.51. The van der Waals surface area contributed by atoms with Crippen molar-refractivity contribution in [2.24, 2.45) is 5.92 Å². The number of aromatic nitrogens is 2. The molecule has 0 unspecified atom stereocenters. The largest absolute Gasteiger partial charge is 0.427 e. The predicted octanol–water partition coefficient (Wildman–Crippen LogP) is 5.13. The number of pyridine rings is 1. The Kier molecular flexibility index (Phi) is 4.96. The van der Waals surface area contributed by atoms with E-state index >= 15 is 0 Å².